The zero-order valence-electron chi connectivity index (χ0n) is 15.9. The van der Waals surface area contributed by atoms with E-state index >= 15 is 0 Å². The number of hydrogen-bond acceptors (Lipinski definition) is 6. The van der Waals surface area contributed by atoms with Crippen molar-refractivity contribution < 1.29 is 28.5 Å². The fourth-order valence-corrected chi connectivity index (χ4v) is 2.45. The van der Waals surface area contributed by atoms with E-state index < -0.39 is 12.6 Å². The molecule has 0 radical (unpaired) electrons. The number of benzene rings is 2. The van der Waals surface area contributed by atoms with Crippen molar-refractivity contribution in [2.24, 2.45) is 0 Å². The van der Waals surface area contributed by atoms with Gasteiger partial charge in [0, 0.05) is 12.1 Å². The third kappa shape index (κ3) is 5.79. The van der Waals surface area contributed by atoms with Crippen LogP contribution in [0.25, 0.3) is 0 Å². The predicted molar refractivity (Wildman–Crippen MR) is 104 cm³/mol. The summed E-state index contributed by atoms with van der Waals surface area (Å²) in [7, 11) is 4.50. The summed E-state index contributed by atoms with van der Waals surface area (Å²) < 4.78 is 21.0. The molecule has 0 spiro atoms. The molecule has 0 N–H and O–H groups in total. The monoisotopic (exact) mass is 407 g/mol. The number of ether oxygens (including phenoxy) is 4. The van der Waals surface area contributed by atoms with Gasteiger partial charge in [-0.1, -0.05) is 17.7 Å². The molecule has 0 atom stereocenters. The zero-order valence-corrected chi connectivity index (χ0v) is 16.7. The Kier molecular flexibility index (Phi) is 7.95. The first-order valence-electron chi connectivity index (χ1n) is 8.46. The molecule has 150 valence electrons. The topological polar surface area (TPSA) is 74.3 Å². The SMILES string of the molecule is COc1cccc(C(=O)OCC(=O)N(C)CCOc2ccc(Cl)cc2)c1OC. The van der Waals surface area contributed by atoms with E-state index in [0.29, 0.717) is 29.7 Å². The Morgan fingerprint density at radius 2 is 1.75 bits per heavy atom. The largest absolute Gasteiger partial charge is 0.493 e. The van der Waals surface area contributed by atoms with Crippen LogP contribution >= 0.6 is 11.6 Å². The second kappa shape index (κ2) is 10.4. The van der Waals surface area contributed by atoms with Crippen LogP contribution in [0.5, 0.6) is 17.2 Å². The number of amides is 1. The third-order valence-corrected chi connectivity index (χ3v) is 4.14. The quantitative estimate of drug-likeness (QED) is 0.595. The minimum Gasteiger partial charge on any atom is -0.493 e. The van der Waals surface area contributed by atoms with E-state index in [1.165, 1.54) is 25.2 Å². The maximum atomic E-state index is 12.3. The van der Waals surface area contributed by atoms with Crippen LogP contribution in [0.15, 0.2) is 42.5 Å². The molecule has 2 aromatic rings. The molecule has 0 aliphatic rings. The number of esters is 1. The van der Waals surface area contributed by atoms with E-state index in [9.17, 15) is 9.59 Å². The molecule has 8 heteroatoms. The number of hydrogen-bond donors (Lipinski definition) is 0. The van der Waals surface area contributed by atoms with Gasteiger partial charge in [0.1, 0.15) is 17.9 Å². The number of rotatable bonds is 9. The van der Waals surface area contributed by atoms with Gasteiger partial charge < -0.3 is 23.8 Å². The summed E-state index contributed by atoms with van der Waals surface area (Å²) in [4.78, 5) is 25.9. The molecule has 0 fully saturated rings. The first-order valence-corrected chi connectivity index (χ1v) is 8.84. The van der Waals surface area contributed by atoms with Gasteiger partial charge in [-0.05, 0) is 36.4 Å². The van der Waals surface area contributed by atoms with Crippen molar-refractivity contribution in [2.75, 3.05) is 41.0 Å². The third-order valence-electron chi connectivity index (χ3n) is 3.88. The second-order valence-electron chi connectivity index (χ2n) is 5.73. The lowest BCUT2D eigenvalue weighted by Crippen LogP contribution is -2.34. The normalized spacial score (nSPS) is 10.1. The van der Waals surface area contributed by atoms with E-state index in [4.69, 9.17) is 30.5 Å². The number of likely N-dealkylation sites (N-methyl/N-ethyl adjacent to an activating group) is 1. The molecular formula is C20H22ClNO6. The summed E-state index contributed by atoms with van der Waals surface area (Å²) in [5.41, 5.74) is 0.184. The van der Waals surface area contributed by atoms with Crippen LogP contribution in [0, 0.1) is 0 Å². The lowest BCUT2D eigenvalue weighted by Gasteiger charge is -2.18. The molecule has 2 aromatic carbocycles. The van der Waals surface area contributed by atoms with E-state index in [1.54, 1.807) is 43.4 Å². The summed E-state index contributed by atoms with van der Waals surface area (Å²) in [6.07, 6.45) is 0. The highest BCUT2D eigenvalue weighted by Crippen LogP contribution is 2.31. The molecule has 28 heavy (non-hydrogen) atoms. The lowest BCUT2D eigenvalue weighted by molar-refractivity contribution is -0.133. The Morgan fingerprint density at radius 1 is 1.04 bits per heavy atom. The van der Waals surface area contributed by atoms with Crippen LogP contribution in [-0.4, -0.2) is 57.8 Å². The molecule has 0 unspecified atom stereocenters. The highest BCUT2D eigenvalue weighted by atomic mass is 35.5. The van der Waals surface area contributed by atoms with Gasteiger partial charge in [0.05, 0.1) is 20.8 Å². The predicted octanol–water partition coefficient (Wildman–Crippen LogP) is 3.05. The van der Waals surface area contributed by atoms with Gasteiger partial charge in [-0.3, -0.25) is 4.79 Å². The standard InChI is InChI=1S/C20H22ClNO6/c1-22(11-12-27-15-9-7-14(21)8-10-15)18(23)13-28-20(24)16-5-4-6-17(25-2)19(16)26-3/h4-10H,11-13H2,1-3H3. The van der Waals surface area contributed by atoms with Crippen LogP contribution in [0.4, 0.5) is 0 Å². The molecular weight excluding hydrogens is 386 g/mol. The first-order chi connectivity index (χ1) is 13.5. The van der Waals surface area contributed by atoms with Crippen molar-refractivity contribution in [3.05, 3.63) is 53.1 Å². The van der Waals surface area contributed by atoms with Gasteiger partial charge in [-0.2, -0.15) is 0 Å². The van der Waals surface area contributed by atoms with Crippen molar-refractivity contribution >= 4 is 23.5 Å². The van der Waals surface area contributed by atoms with Crippen LogP contribution < -0.4 is 14.2 Å². The zero-order chi connectivity index (χ0) is 20.5. The molecule has 7 nitrogen and oxygen atoms in total. The number of nitrogens with zero attached hydrogens (tertiary/aromatic N) is 1. The Bertz CT molecular complexity index is 809. The van der Waals surface area contributed by atoms with Crippen molar-refractivity contribution in [2.45, 2.75) is 0 Å². The fourth-order valence-electron chi connectivity index (χ4n) is 2.32. The molecule has 0 bridgehead atoms. The summed E-state index contributed by atoms with van der Waals surface area (Å²) in [6, 6.07) is 11.8. The Hall–Kier alpha value is -2.93. The fraction of sp³-hybridized carbons (Fsp3) is 0.300. The van der Waals surface area contributed by atoms with Crippen molar-refractivity contribution in [3.8, 4) is 17.2 Å². The highest BCUT2D eigenvalue weighted by Gasteiger charge is 2.19. The number of carbonyl (C=O) groups is 2. The molecule has 0 aromatic heterocycles. The van der Waals surface area contributed by atoms with Crippen molar-refractivity contribution in [1.82, 2.24) is 4.90 Å². The lowest BCUT2D eigenvalue weighted by atomic mass is 10.2. The first kappa shape index (κ1) is 21.4. The maximum Gasteiger partial charge on any atom is 0.342 e. The summed E-state index contributed by atoms with van der Waals surface area (Å²) in [5.74, 6) is 0.290. The molecule has 0 saturated heterocycles. The summed E-state index contributed by atoms with van der Waals surface area (Å²) >= 11 is 5.81. The van der Waals surface area contributed by atoms with Gasteiger partial charge in [0.2, 0.25) is 0 Å². The number of halogens is 1. The second-order valence-corrected chi connectivity index (χ2v) is 6.17. The van der Waals surface area contributed by atoms with E-state index in [1.807, 2.05) is 0 Å². The Morgan fingerprint density at radius 3 is 2.39 bits per heavy atom. The maximum absolute atomic E-state index is 12.3. The smallest absolute Gasteiger partial charge is 0.342 e. The van der Waals surface area contributed by atoms with Crippen molar-refractivity contribution in [3.63, 3.8) is 0 Å². The molecule has 0 saturated carbocycles. The van der Waals surface area contributed by atoms with Crippen LogP contribution in [0.3, 0.4) is 0 Å². The van der Waals surface area contributed by atoms with E-state index in [-0.39, 0.29) is 17.2 Å². The summed E-state index contributed by atoms with van der Waals surface area (Å²) in [5, 5.41) is 0.620. The average molecular weight is 408 g/mol. The summed E-state index contributed by atoms with van der Waals surface area (Å²) in [6.45, 7) is 0.236. The highest BCUT2D eigenvalue weighted by molar-refractivity contribution is 6.30. The van der Waals surface area contributed by atoms with Crippen LogP contribution in [0.1, 0.15) is 10.4 Å². The Labute approximate surface area is 168 Å². The average Bonchev–Trinajstić information content (AvgIpc) is 2.72. The molecule has 2 rings (SSSR count). The molecule has 0 heterocycles. The van der Waals surface area contributed by atoms with Gasteiger partial charge in [-0.25, -0.2) is 4.79 Å². The van der Waals surface area contributed by atoms with Gasteiger partial charge >= 0.3 is 5.97 Å². The molecule has 1 amide bonds. The number of para-hydroxylation sites is 1. The van der Waals surface area contributed by atoms with Crippen LogP contribution in [0.2, 0.25) is 5.02 Å². The van der Waals surface area contributed by atoms with Crippen LogP contribution in [-0.2, 0) is 9.53 Å². The van der Waals surface area contributed by atoms with Crippen molar-refractivity contribution in [1.29, 1.82) is 0 Å². The van der Waals surface area contributed by atoms with E-state index in [0.717, 1.165) is 0 Å². The minimum atomic E-state index is -0.671. The minimum absolute atomic E-state index is 0.184. The number of carbonyl (C=O) groups excluding carboxylic acids is 2. The van der Waals surface area contributed by atoms with Gasteiger partial charge in [0.15, 0.2) is 18.1 Å². The van der Waals surface area contributed by atoms with E-state index in [2.05, 4.69) is 0 Å². The molecule has 0 aliphatic carbocycles. The molecule has 0 aliphatic heterocycles. The number of methoxy groups -OCH3 is 2. The Balaban J connectivity index is 1.82. The van der Waals surface area contributed by atoms with Gasteiger partial charge in [0.25, 0.3) is 5.91 Å². The van der Waals surface area contributed by atoms with Gasteiger partial charge in [-0.15, -0.1) is 0 Å².